The van der Waals surface area contributed by atoms with Crippen LogP contribution in [0.3, 0.4) is 0 Å². The van der Waals surface area contributed by atoms with E-state index in [1.807, 2.05) is 13.8 Å². The van der Waals surface area contributed by atoms with Crippen molar-refractivity contribution in [3.63, 3.8) is 0 Å². The summed E-state index contributed by atoms with van der Waals surface area (Å²) in [5.41, 5.74) is -0.393. The molecule has 0 amide bonds. The standard InChI is InChI=1S/C13H17ClN2O4S/c1-9-4-3-5-10(2)15(9)21(19,20)11-6-7-12(14)13(8-11)16(17)18/h6-10H,3-5H2,1-2H3. The zero-order chi connectivity index (χ0) is 15.8. The van der Waals surface area contributed by atoms with E-state index in [1.54, 1.807) is 0 Å². The van der Waals surface area contributed by atoms with E-state index in [1.165, 1.54) is 16.4 Å². The average molecular weight is 333 g/mol. The maximum absolute atomic E-state index is 12.8. The Labute approximate surface area is 128 Å². The lowest BCUT2D eigenvalue weighted by atomic mass is 10.0. The third kappa shape index (κ3) is 3.04. The van der Waals surface area contributed by atoms with E-state index >= 15 is 0 Å². The minimum absolute atomic E-state index is 0.0707. The molecule has 0 aromatic heterocycles. The zero-order valence-electron chi connectivity index (χ0n) is 11.8. The molecule has 116 valence electrons. The number of nitro benzene ring substituents is 1. The van der Waals surface area contributed by atoms with E-state index in [-0.39, 0.29) is 22.0 Å². The van der Waals surface area contributed by atoms with Gasteiger partial charge in [0.1, 0.15) is 5.02 Å². The first kappa shape index (κ1) is 16.2. The van der Waals surface area contributed by atoms with Crippen LogP contribution in [0.15, 0.2) is 23.1 Å². The lowest BCUT2D eigenvalue weighted by molar-refractivity contribution is -0.384. The van der Waals surface area contributed by atoms with Gasteiger partial charge in [0.25, 0.3) is 5.69 Å². The van der Waals surface area contributed by atoms with Crippen molar-refractivity contribution in [1.29, 1.82) is 0 Å². The molecule has 1 aliphatic heterocycles. The number of halogens is 1. The molecule has 0 radical (unpaired) electrons. The largest absolute Gasteiger partial charge is 0.289 e. The third-order valence-electron chi connectivity index (χ3n) is 3.80. The first-order valence-corrected chi connectivity index (χ1v) is 8.54. The van der Waals surface area contributed by atoms with Gasteiger partial charge in [-0.2, -0.15) is 4.31 Å². The van der Waals surface area contributed by atoms with E-state index in [4.69, 9.17) is 11.6 Å². The van der Waals surface area contributed by atoms with Crippen LogP contribution in [-0.4, -0.2) is 29.7 Å². The Bertz CT molecular complexity index is 652. The summed E-state index contributed by atoms with van der Waals surface area (Å²) < 4.78 is 27.0. The van der Waals surface area contributed by atoms with E-state index < -0.39 is 20.6 Å². The van der Waals surface area contributed by atoms with Crippen molar-refractivity contribution < 1.29 is 13.3 Å². The van der Waals surface area contributed by atoms with Crippen LogP contribution in [0.4, 0.5) is 5.69 Å². The first-order valence-electron chi connectivity index (χ1n) is 6.72. The summed E-state index contributed by atoms with van der Waals surface area (Å²) in [5.74, 6) is 0. The fourth-order valence-electron chi connectivity index (χ4n) is 2.79. The van der Waals surface area contributed by atoms with Crippen molar-refractivity contribution >= 4 is 27.3 Å². The molecule has 21 heavy (non-hydrogen) atoms. The van der Waals surface area contributed by atoms with Gasteiger partial charge in [0.15, 0.2) is 0 Å². The third-order valence-corrected chi connectivity index (χ3v) is 6.25. The molecule has 2 atom stereocenters. The molecule has 1 saturated heterocycles. The number of nitro groups is 1. The molecule has 2 rings (SSSR count). The number of piperidine rings is 1. The lowest BCUT2D eigenvalue weighted by Gasteiger charge is -2.37. The van der Waals surface area contributed by atoms with Gasteiger partial charge in [0, 0.05) is 18.2 Å². The average Bonchev–Trinajstić information content (AvgIpc) is 2.38. The summed E-state index contributed by atoms with van der Waals surface area (Å²) in [6.45, 7) is 3.72. The van der Waals surface area contributed by atoms with Gasteiger partial charge in [-0.3, -0.25) is 10.1 Å². The minimum atomic E-state index is -3.76. The Morgan fingerprint density at radius 3 is 2.38 bits per heavy atom. The molecule has 0 aliphatic carbocycles. The number of sulfonamides is 1. The molecule has 0 saturated carbocycles. The summed E-state index contributed by atoms with van der Waals surface area (Å²) >= 11 is 5.73. The monoisotopic (exact) mass is 332 g/mol. The van der Waals surface area contributed by atoms with Gasteiger partial charge >= 0.3 is 0 Å². The Hall–Kier alpha value is -1.18. The molecule has 2 unspecified atom stereocenters. The highest BCUT2D eigenvalue weighted by Gasteiger charge is 2.36. The fourth-order valence-corrected chi connectivity index (χ4v) is 4.87. The molecule has 6 nitrogen and oxygen atoms in total. The van der Waals surface area contributed by atoms with Crippen LogP contribution in [0.1, 0.15) is 33.1 Å². The number of hydrogen-bond acceptors (Lipinski definition) is 4. The van der Waals surface area contributed by atoms with Crippen molar-refractivity contribution in [2.24, 2.45) is 0 Å². The van der Waals surface area contributed by atoms with Gasteiger partial charge in [0.05, 0.1) is 9.82 Å². The molecule has 1 heterocycles. The maximum Gasteiger partial charge on any atom is 0.289 e. The highest BCUT2D eigenvalue weighted by Crippen LogP contribution is 2.33. The molecule has 1 fully saturated rings. The van der Waals surface area contributed by atoms with E-state index in [2.05, 4.69) is 0 Å². The smallest absolute Gasteiger partial charge is 0.258 e. The maximum atomic E-state index is 12.8. The molecule has 1 aromatic rings. The van der Waals surface area contributed by atoms with Crippen molar-refractivity contribution in [3.05, 3.63) is 33.3 Å². The van der Waals surface area contributed by atoms with Gasteiger partial charge in [-0.05, 0) is 38.8 Å². The van der Waals surface area contributed by atoms with Gasteiger partial charge < -0.3 is 0 Å². The van der Waals surface area contributed by atoms with Crippen LogP contribution >= 0.6 is 11.6 Å². The normalized spacial score (nSPS) is 24.0. The summed E-state index contributed by atoms with van der Waals surface area (Å²) in [6.07, 6.45) is 2.56. The molecule has 0 N–H and O–H groups in total. The van der Waals surface area contributed by atoms with E-state index in [0.29, 0.717) is 0 Å². The van der Waals surface area contributed by atoms with Crippen LogP contribution in [0, 0.1) is 10.1 Å². The number of rotatable bonds is 3. The predicted octanol–water partition coefficient (Wildman–Crippen LogP) is 3.20. The van der Waals surface area contributed by atoms with Crippen LogP contribution in [-0.2, 0) is 10.0 Å². The van der Waals surface area contributed by atoms with Crippen molar-refractivity contribution in [2.75, 3.05) is 0 Å². The molecular weight excluding hydrogens is 316 g/mol. The molecule has 0 spiro atoms. The van der Waals surface area contributed by atoms with Crippen LogP contribution < -0.4 is 0 Å². The lowest BCUT2D eigenvalue weighted by Crippen LogP contribution is -2.47. The second-order valence-electron chi connectivity index (χ2n) is 5.33. The number of nitrogens with zero attached hydrogens (tertiary/aromatic N) is 2. The fraction of sp³-hybridized carbons (Fsp3) is 0.538. The van der Waals surface area contributed by atoms with Gasteiger partial charge in [0.2, 0.25) is 10.0 Å². The van der Waals surface area contributed by atoms with Gasteiger partial charge in [-0.1, -0.05) is 18.0 Å². The van der Waals surface area contributed by atoms with Crippen LogP contribution in [0.25, 0.3) is 0 Å². The quantitative estimate of drug-likeness (QED) is 0.628. The Morgan fingerprint density at radius 2 is 1.86 bits per heavy atom. The SMILES string of the molecule is CC1CCCC(C)N1S(=O)(=O)c1ccc(Cl)c([N+](=O)[O-])c1. The molecule has 0 bridgehead atoms. The highest BCUT2D eigenvalue weighted by molar-refractivity contribution is 7.89. The molecule has 1 aromatic carbocycles. The van der Waals surface area contributed by atoms with E-state index in [0.717, 1.165) is 25.3 Å². The first-order chi connectivity index (χ1) is 9.75. The zero-order valence-corrected chi connectivity index (χ0v) is 13.4. The Kier molecular flexibility index (Phi) is 4.55. The van der Waals surface area contributed by atoms with Crippen molar-refractivity contribution in [3.8, 4) is 0 Å². The van der Waals surface area contributed by atoms with Gasteiger partial charge in [-0.25, -0.2) is 8.42 Å². The highest BCUT2D eigenvalue weighted by atomic mass is 35.5. The summed E-state index contributed by atoms with van der Waals surface area (Å²) in [7, 11) is -3.76. The Balaban J connectivity index is 2.48. The van der Waals surface area contributed by atoms with Crippen LogP contribution in [0.2, 0.25) is 5.02 Å². The molecule has 8 heteroatoms. The summed E-state index contributed by atoms with van der Waals surface area (Å²) in [6, 6.07) is 3.37. The van der Waals surface area contributed by atoms with Crippen molar-refractivity contribution in [1.82, 2.24) is 4.31 Å². The van der Waals surface area contributed by atoms with Gasteiger partial charge in [-0.15, -0.1) is 0 Å². The minimum Gasteiger partial charge on any atom is -0.258 e. The summed E-state index contributed by atoms with van der Waals surface area (Å²) in [5, 5.41) is 10.8. The molecular formula is C13H17ClN2O4S. The molecule has 1 aliphatic rings. The Morgan fingerprint density at radius 1 is 1.29 bits per heavy atom. The summed E-state index contributed by atoms with van der Waals surface area (Å²) in [4.78, 5) is 10.2. The van der Waals surface area contributed by atoms with Crippen molar-refractivity contribution in [2.45, 2.75) is 50.1 Å². The van der Waals surface area contributed by atoms with E-state index in [9.17, 15) is 18.5 Å². The topological polar surface area (TPSA) is 80.5 Å². The number of benzene rings is 1. The second-order valence-corrected chi connectivity index (χ2v) is 7.58. The number of hydrogen-bond donors (Lipinski definition) is 0. The van der Waals surface area contributed by atoms with Crippen LogP contribution in [0.5, 0.6) is 0 Å². The second kappa shape index (κ2) is 5.90. The predicted molar refractivity (Wildman–Crippen MR) is 79.9 cm³/mol.